The SMILES string of the molecule is CN1[C@H](C(=O)NCCCn2ccnc2)C[C@H](c2cccs2)NS1(=O)=O. The van der Waals surface area contributed by atoms with E-state index in [0.717, 1.165) is 22.1 Å². The smallest absolute Gasteiger partial charge is 0.280 e. The number of hydrogen-bond donors (Lipinski definition) is 2. The Bertz CT molecular complexity index is 789. The highest BCUT2D eigenvalue weighted by Crippen LogP contribution is 2.30. The number of imidazole rings is 1. The molecule has 0 aliphatic carbocycles. The van der Waals surface area contributed by atoms with Crippen LogP contribution in [0.25, 0.3) is 0 Å². The van der Waals surface area contributed by atoms with Gasteiger partial charge in [-0.1, -0.05) is 6.07 Å². The third-order valence-corrected chi connectivity index (χ3v) is 6.79. The third-order valence-electron chi connectivity index (χ3n) is 4.21. The van der Waals surface area contributed by atoms with Gasteiger partial charge in [0, 0.05) is 37.4 Å². The Hall–Kier alpha value is -1.75. The minimum absolute atomic E-state index is 0.264. The van der Waals surface area contributed by atoms with Crippen molar-refractivity contribution in [3.63, 3.8) is 0 Å². The van der Waals surface area contributed by atoms with Crippen molar-refractivity contribution in [2.24, 2.45) is 0 Å². The first-order chi connectivity index (χ1) is 12.0. The quantitative estimate of drug-likeness (QED) is 0.719. The van der Waals surface area contributed by atoms with Crippen LogP contribution in [-0.4, -0.2) is 47.8 Å². The number of carbonyl (C=O) groups is 1. The molecule has 25 heavy (non-hydrogen) atoms. The molecule has 0 spiro atoms. The number of aryl methyl sites for hydroxylation is 1. The Morgan fingerprint density at radius 3 is 3.04 bits per heavy atom. The number of aromatic nitrogens is 2. The van der Waals surface area contributed by atoms with E-state index in [9.17, 15) is 13.2 Å². The van der Waals surface area contributed by atoms with Crippen molar-refractivity contribution in [3.8, 4) is 0 Å². The van der Waals surface area contributed by atoms with Crippen LogP contribution in [0.1, 0.15) is 23.8 Å². The largest absolute Gasteiger partial charge is 0.355 e. The number of nitrogens with one attached hydrogen (secondary N) is 2. The molecule has 2 aromatic heterocycles. The van der Waals surface area contributed by atoms with Gasteiger partial charge in [-0.15, -0.1) is 11.3 Å². The molecule has 0 aromatic carbocycles. The molecule has 1 aliphatic heterocycles. The molecular weight excluding hydrogens is 362 g/mol. The van der Waals surface area contributed by atoms with Crippen LogP contribution in [0.4, 0.5) is 0 Å². The molecule has 3 heterocycles. The highest BCUT2D eigenvalue weighted by molar-refractivity contribution is 7.87. The van der Waals surface area contributed by atoms with Gasteiger partial charge < -0.3 is 9.88 Å². The zero-order valence-corrected chi connectivity index (χ0v) is 15.5. The number of carbonyl (C=O) groups excluding carboxylic acids is 1. The van der Waals surface area contributed by atoms with Crippen LogP contribution in [0.3, 0.4) is 0 Å². The predicted octanol–water partition coefficient (Wildman–Crippen LogP) is 0.731. The topological polar surface area (TPSA) is 96.3 Å². The molecule has 0 unspecified atom stereocenters. The van der Waals surface area contributed by atoms with Gasteiger partial charge in [0.15, 0.2) is 0 Å². The summed E-state index contributed by atoms with van der Waals surface area (Å²) in [5, 5.41) is 4.74. The minimum atomic E-state index is -3.68. The molecule has 136 valence electrons. The molecule has 10 heteroatoms. The molecule has 2 aromatic rings. The Labute approximate surface area is 151 Å². The lowest BCUT2D eigenvalue weighted by Crippen LogP contribution is -2.57. The molecule has 1 aliphatic rings. The van der Waals surface area contributed by atoms with E-state index in [4.69, 9.17) is 0 Å². The summed E-state index contributed by atoms with van der Waals surface area (Å²) >= 11 is 1.48. The lowest BCUT2D eigenvalue weighted by Gasteiger charge is -2.35. The molecule has 0 bridgehead atoms. The van der Waals surface area contributed by atoms with Crippen molar-refractivity contribution in [3.05, 3.63) is 41.1 Å². The second-order valence-electron chi connectivity index (χ2n) is 5.90. The molecule has 2 N–H and O–H groups in total. The molecule has 3 rings (SSSR count). The summed E-state index contributed by atoms with van der Waals surface area (Å²) in [5.74, 6) is -0.264. The van der Waals surface area contributed by atoms with Gasteiger partial charge >= 0.3 is 0 Å². The number of rotatable bonds is 6. The second kappa shape index (κ2) is 7.65. The van der Waals surface area contributed by atoms with E-state index < -0.39 is 16.3 Å². The van der Waals surface area contributed by atoms with E-state index in [2.05, 4.69) is 15.0 Å². The van der Waals surface area contributed by atoms with Gasteiger partial charge in [-0.2, -0.15) is 17.4 Å². The van der Waals surface area contributed by atoms with Gasteiger partial charge in [0.1, 0.15) is 6.04 Å². The average Bonchev–Trinajstić information content (AvgIpc) is 3.27. The fraction of sp³-hybridized carbons (Fsp3) is 0.467. The van der Waals surface area contributed by atoms with Gasteiger partial charge in [0.2, 0.25) is 5.91 Å². The Balaban J connectivity index is 1.59. The fourth-order valence-corrected chi connectivity index (χ4v) is 4.93. The number of thiophene rings is 1. The van der Waals surface area contributed by atoms with Crippen molar-refractivity contribution in [2.75, 3.05) is 13.6 Å². The molecule has 0 radical (unpaired) electrons. The molecule has 1 amide bonds. The van der Waals surface area contributed by atoms with Crippen molar-refractivity contribution < 1.29 is 13.2 Å². The molecule has 1 fully saturated rings. The van der Waals surface area contributed by atoms with Gasteiger partial charge in [0.25, 0.3) is 10.2 Å². The maximum absolute atomic E-state index is 12.5. The van der Waals surface area contributed by atoms with E-state index in [1.165, 1.54) is 18.4 Å². The van der Waals surface area contributed by atoms with Crippen LogP contribution in [0.2, 0.25) is 0 Å². The lowest BCUT2D eigenvalue weighted by atomic mass is 10.1. The molecule has 8 nitrogen and oxygen atoms in total. The molecule has 2 atom stereocenters. The van der Waals surface area contributed by atoms with Crippen molar-refractivity contribution >= 4 is 27.5 Å². The minimum Gasteiger partial charge on any atom is -0.355 e. The number of hydrogen-bond acceptors (Lipinski definition) is 5. The standard InChI is InChI=1S/C15H21N5O3S2/c1-19-13(15(21)17-5-3-7-20-8-6-16-11-20)10-12(18-25(19,22)23)14-4-2-9-24-14/h2,4,6,8-9,11-13,18H,3,5,7,10H2,1H3,(H,17,21)/t12-,13+/m1/s1. The Morgan fingerprint density at radius 2 is 2.36 bits per heavy atom. The van der Waals surface area contributed by atoms with Crippen LogP contribution < -0.4 is 10.0 Å². The summed E-state index contributed by atoms with van der Waals surface area (Å²) in [6, 6.07) is 2.66. The van der Waals surface area contributed by atoms with Gasteiger partial charge in [-0.3, -0.25) is 4.79 Å². The Morgan fingerprint density at radius 1 is 1.52 bits per heavy atom. The van der Waals surface area contributed by atoms with Crippen molar-refractivity contribution in [1.29, 1.82) is 0 Å². The van der Waals surface area contributed by atoms with Crippen LogP contribution in [-0.2, 0) is 21.5 Å². The highest BCUT2D eigenvalue weighted by atomic mass is 32.2. The summed E-state index contributed by atoms with van der Waals surface area (Å²) in [5.41, 5.74) is 0. The summed E-state index contributed by atoms with van der Waals surface area (Å²) in [6.07, 6.45) is 6.45. The van der Waals surface area contributed by atoms with E-state index in [-0.39, 0.29) is 11.9 Å². The van der Waals surface area contributed by atoms with E-state index >= 15 is 0 Å². The number of nitrogens with zero attached hydrogens (tertiary/aromatic N) is 3. The molecule has 1 saturated heterocycles. The van der Waals surface area contributed by atoms with E-state index in [0.29, 0.717) is 13.0 Å². The second-order valence-corrected chi connectivity index (χ2v) is 8.64. The van der Waals surface area contributed by atoms with E-state index in [1.807, 2.05) is 28.3 Å². The summed E-state index contributed by atoms with van der Waals surface area (Å²) in [6.45, 7) is 1.23. The van der Waals surface area contributed by atoms with Crippen molar-refractivity contribution in [2.45, 2.75) is 31.5 Å². The monoisotopic (exact) mass is 383 g/mol. The first kappa shape index (κ1) is 18.1. The van der Waals surface area contributed by atoms with Crippen LogP contribution in [0.15, 0.2) is 36.2 Å². The number of amides is 1. The van der Waals surface area contributed by atoms with Gasteiger partial charge in [-0.05, 0) is 24.3 Å². The van der Waals surface area contributed by atoms with Crippen molar-refractivity contribution in [1.82, 2.24) is 23.9 Å². The molecule has 0 saturated carbocycles. The Kier molecular flexibility index (Phi) is 5.52. The zero-order chi connectivity index (χ0) is 17.9. The first-order valence-corrected chi connectivity index (χ1v) is 10.3. The highest BCUT2D eigenvalue weighted by Gasteiger charge is 2.40. The number of likely N-dealkylation sites (N-methyl/N-ethyl adjacent to an activating group) is 1. The van der Waals surface area contributed by atoms with E-state index in [1.54, 1.807) is 12.5 Å². The van der Waals surface area contributed by atoms with Crippen LogP contribution in [0, 0.1) is 0 Å². The third kappa shape index (κ3) is 4.27. The zero-order valence-electron chi connectivity index (χ0n) is 13.8. The van der Waals surface area contributed by atoms with Gasteiger partial charge in [-0.25, -0.2) is 4.98 Å². The predicted molar refractivity (Wildman–Crippen MR) is 95.1 cm³/mol. The van der Waals surface area contributed by atoms with Gasteiger partial charge in [0.05, 0.1) is 12.4 Å². The van der Waals surface area contributed by atoms with Crippen LogP contribution >= 0.6 is 11.3 Å². The normalized spacial score (nSPS) is 23.4. The summed E-state index contributed by atoms with van der Waals surface area (Å²) < 4.78 is 30.3. The first-order valence-electron chi connectivity index (χ1n) is 7.99. The summed E-state index contributed by atoms with van der Waals surface area (Å²) in [7, 11) is -2.25. The van der Waals surface area contributed by atoms with Crippen LogP contribution in [0.5, 0.6) is 0 Å². The molecular formula is C15H21N5O3S2. The summed E-state index contributed by atoms with van der Waals surface area (Å²) in [4.78, 5) is 17.4. The maximum Gasteiger partial charge on any atom is 0.280 e. The fourth-order valence-electron chi connectivity index (χ4n) is 2.80. The lowest BCUT2D eigenvalue weighted by molar-refractivity contribution is -0.125. The average molecular weight is 383 g/mol. The maximum atomic E-state index is 12.5.